The molecular weight excluding hydrogens is 310 g/mol. The number of benzene rings is 1. The predicted molar refractivity (Wildman–Crippen MR) is 83.8 cm³/mol. The Morgan fingerprint density at radius 3 is 2.90 bits per heavy atom. The van der Waals surface area contributed by atoms with Gasteiger partial charge in [0.2, 0.25) is 5.91 Å². The number of hydrogen-bond acceptors (Lipinski definition) is 4. The van der Waals surface area contributed by atoms with Gasteiger partial charge in [0.1, 0.15) is 0 Å². The first-order valence-electron chi connectivity index (χ1n) is 6.34. The topological polar surface area (TPSA) is 86.9 Å². The predicted octanol–water partition coefficient (Wildman–Crippen LogP) is 0.751. The lowest BCUT2D eigenvalue weighted by molar-refractivity contribution is -0.118. The van der Waals surface area contributed by atoms with Crippen LogP contribution in [-0.4, -0.2) is 51.9 Å². The molecule has 3 rings (SSSR count). The third kappa shape index (κ3) is 2.44. The summed E-state index contributed by atoms with van der Waals surface area (Å²) in [6.07, 6.45) is 0. The second kappa shape index (κ2) is 5.19. The number of carboxylic acids is 1. The lowest BCUT2D eigenvalue weighted by atomic mass is 10.1. The number of carboxylic acid groups (broad SMARTS) is 1. The maximum Gasteiger partial charge on any atom is 0.335 e. The van der Waals surface area contributed by atoms with Gasteiger partial charge in [-0.05, 0) is 30.4 Å². The van der Waals surface area contributed by atoms with Crippen molar-refractivity contribution in [1.82, 2.24) is 4.90 Å². The van der Waals surface area contributed by atoms with Crippen LogP contribution in [0.25, 0.3) is 0 Å². The number of anilines is 1. The molecule has 3 N–H and O–H groups in total. The highest BCUT2D eigenvalue weighted by molar-refractivity contribution is 7.99. The van der Waals surface area contributed by atoms with Gasteiger partial charge in [-0.3, -0.25) is 4.79 Å². The van der Waals surface area contributed by atoms with Gasteiger partial charge in [0.15, 0.2) is 5.11 Å². The zero-order chi connectivity index (χ0) is 15.1. The van der Waals surface area contributed by atoms with Crippen molar-refractivity contribution in [3.8, 4) is 0 Å². The van der Waals surface area contributed by atoms with Gasteiger partial charge >= 0.3 is 5.97 Å². The second-order valence-corrected chi connectivity index (χ2v) is 6.38. The van der Waals surface area contributed by atoms with Crippen molar-refractivity contribution in [2.24, 2.45) is 5.73 Å². The highest BCUT2D eigenvalue weighted by Gasteiger charge is 2.39. The van der Waals surface area contributed by atoms with Crippen LogP contribution in [0.2, 0.25) is 0 Å². The zero-order valence-corrected chi connectivity index (χ0v) is 12.6. The minimum atomic E-state index is -0.968. The summed E-state index contributed by atoms with van der Waals surface area (Å²) < 4.78 is 0. The Labute approximate surface area is 130 Å². The summed E-state index contributed by atoms with van der Waals surface area (Å²) in [5.74, 6) is -0.553. The molecule has 1 aromatic carbocycles. The average Bonchev–Trinajstić information content (AvgIpc) is 2.74. The minimum absolute atomic E-state index is 0.0878. The summed E-state index contributed by atoms with van der Waals surface area (Å²) in [4.78, 5) is 27.0. The fraction of sp³-hybridized carbons (Fsp3) is 0.308. The zero-order valence-electron chi connectivity index (χ0n) is 11.0. The van der Waals surface area contributed by atoms with Crippen LogP contribution in [0.4, 0.5) is 5.69 Å². The molecule has 0 aromatic heterocycles. The molecule has 0 radical (unpaired) electrons. The number of primary amides is 1. The summed E-state index contributed by atoms with van der Waals surface area (Å²) in [6.45, 7) is 0.718. The van der Waals surface area contributed by atoms with E-state index < -0.39 is 11.9 Å². The Morgan fingerprint density at radius 1 is 1.48 bits per heavy atom. The molecule has 1 fully saturated rings. The van der Waals surface area contributed by atoms with Crippen molar-refractivity contribution in [3.63, 3.8) is 0 Å². The number of aromatic carboxylic acids is 1. The number of rotatable bonds is 3. The molecule has 1 saturated heterocycles. The van der Waals surface area contributed by atoms with Crippen LogP contribution >= 0.6 is 24.0 Å². The van der Waals surface area contributed by atoms with Crippen LogP contribution in [0.3, 0.4) is 0 Å². The molecule has 0 spiro atoms. The van der Waals surface area contributed by atoms with E-state index in [1.54, 1.807) is 34.9 Å². The molecule has 2 heterocycles. The number of carbonyl (C=O) groups is 2. The van der Waals surface area contributed by atoms with Gasteiger partial charge in [-0.1, -0.05) is 0 Å². The van der Waals surface area contributed by atoms with E-state index in [2.05, 4.69) is 0 Å². The number of thiocarbonyl (C=S) groups is 1. The molecule has 8 heteroatoms. The van der Waals surface area contributed by atoms with Crippen LogP contribution in [0.5, 0.6) is 0 Å². The number of nitrogens with zero attached hydrogens (tertiary/aromatic N) is 2. The van der Waals surface area contributed by atoms with Crippen LogP contribution in [-0.2, 0) is 4.79 Å². The van der Waals surface area contributed by atoms with E-state index >= 15 is 0 Å². The first kappa shape index (κ1) is 14.2. The van der Waals surface area contributed by atoms with Crippen LogP contribution in [0.15, 0.2) is 23.1 Å². The number of nitrogens with two attached hydrogens (primary N) is 1. The Kier molecular flexibility index (Phi) is 3.50. The highest BCUT2D eigenvalue weighted by atomic mass is 32.2. The molecule has 0 bridgehead atoms. The average molecular weight is 323 g/mol. The third-order valence-corrected chi connectivity index (χ3v) is 5.18. The molecule has 0 aliphatic carbocycles. The van der Waals surface area contributed by atoms with E-state index in [0.29, 0.717) is 11.7 Å². The monoisotopic (exact) mass is 323 g/mol. The summed E-state index contributed by atoms with van der Waals surface area (Å²) in [5, 5.41) is 9.66. The third-order valence-electron chi connectivity index (χ3n) is 3.52. The molecule has 2 aliphatic rings. The van der Waals surface area contributed by atoms with Gasteiger partial charge in [-0.2, -0.15) is 0 Å². The largest absolute Gasteiger partial charge is 0.478 e. The Bertz CT molecular complexity index is 650. The number of thioether (sulfide) groups is 1. The first-order chi connectivity index (χ1) is 9.97. The van der Waals surface area contributed by atoms with E-state index in [1.807, 2.05) is 4.90 Å². The summed E-state index contributed by atoms with van der Waals surface area (Å²) in [5.41, 5.74) is 6.27. The molecule has 1 aromatic rings. The number of carbonyl (C=O) groups excluding carboxylic acids is 1. The molecule has 1 atom stereocenters. The number of fused-ring (bicyclic) bond motifs is 3. The Hall–Kier alpha value is -1.80. The Morgan fingerprint density at radius 2 is 2.24 bits per heavy atom. The van der Waals surface area contributed by atoms with Crippen LogP contribution < -0.4 is 10.6 Å². The lowest BCUT2D eigenvalue weighted by Crippen LogP contribution is -2.39. The quantitative estimate of drug-likeness (QED) is 0.794. The molecule has 110 valence electrons. The summed E-state index contributed by atoms with van der Waals surface area (Å²) in [7, 11) is 0. The van der Waals surface area contributed by atoms with Crippen molar-refractivity contribution in [1.29, 1.82) is 0 Å². The van der Waals surface area contributed by atoms with Crippen molar-refractivity contribution in [3.05, 3.63) is 23.8 Å². The van der Waals surface area contributed by atoms with Crippen LogP contribution in [0.1, 0.15) is 10.4 Å². The summed E-state index contributed by atoms with van der Waals surface area (Å²) in [6, 6.07) is 5.17. The first-order valence-corrected chi connectivity index (χ1v) is 7.73. The fourth-order valence-electron chi connectivity index (χ4n) is 2.62. The molecule has 1 unspecified atom stereocenters. The van der Waals surface area contributed by atoms with Crippen molar-refractivity contribution in [2.45, 2.75) is 10.9 Å². The molecular formula is C13H13N3O3S2. The van der Waals surface area contributed by atoms with Gasteiger partial charge in [-0.25, -0.2) is 4.79 Å². The van der Waals surface area contributed by atoms with Gasteiger partial charge in [-0.15, -0.1) is 11.8 Å². The molecule has 6 nitrogen and oxygen atoms in total. The molecule has 2 aliphatic heterocycles. The molecule has 21 heavy (non-hydrogen) atoms. The van der Waals surface area contributed by atoms with E-state index in [4.69, 9.17) is 23.1 Å². The molecule has 1 amide bonds. The van der Waals surface area contributed by atoms with Gasteiger partial charge in [0.05, 0.1) is 23.8 Å². The van der Waals surface area contributed by atoms with E-state index in [-0.39, 0.29) is 18.2 Å². The van der Waals surface area contributed by atoms with Gasteiger partial charge in [0.25, 0.3) is 0 Å². The molecule has 0 saturated carbocycles. The number of hydrogen-bond donors (Lipinski definition) is 2. The van der Waals surface area contributed by atoms with Gasteiger partial charge in [0, 0.05) is 17.2 Å². The highest BCUT2D eigenvalue weighted by Crippen LogP contribution is 2.41. The minimum Gasteiger partial charge on any atom is -0.478 e. The van der Waals surface area contributed by atoms with E-state index in [0.717, 1.165) is 16.3 Å². The maximum atomic E-state index is 11.1. The normalized spacial score (nSPS) is 20.2. The lowest BCUT2D eigenvalue weighted by Gasteiger charge is -2.31. The number of amides is 1. The van der Waals surface area contributed by atoms with Crippen LogP contribution in [0, 0.1) is 0 Å². The fourth-order valence-corrected chi connectivity index (χ4v) is 4.10. The maximum absolute atomic E-state index is 11.1. The van der Waals surface area contributed by atoms with Gasteiger partial charge < -0.3 is 20.6 Å². The van der Waals surface area contributed by atoms with E-state index in [1.165, 1.54) is 0 Å². The standard InChI is InChI=1S/C13H13N3O3S2/c14-11(17)5-15-4-8-6-21-10-2-1-7(12(18)19)3-9(10)16(8)13(15)20/h1-3,8H,4-6H2,(H2,14,17)(H,18,19). The smallest absolute Gasteiger partial charge is 0.335 e. The SMILES string of the molecule is NC(=O)CN1CC2CSc3ccc(C(=O)O)cc3N2C1=S. The van der Waals surface area contributed by atoms with Crippen molar-refractivity contribution < 1.29 is 14.7 Å². The van der Waals surface area contributed by atoms with Crippen molar-refractivity contribution in [2.75, 3.05) is 23.7 Å². The Balaban J connectivity index is 1.97. The van der Waals surface area contributed by atoms with Crippen molar-refractivity contribution >= 4 is 46.7 Å². The summed E-state index contributed by atoms with van der Waals surface area (Å²) >= 11 is 7.10. The van der Waals surface area contributed by atoms with E-state index in [9.17, 15) is 9.59 Å². The second-order valence-electron chi connectivity index (χ2n) is 4.95.